The van der Waals surface area contributed by atoms with Crippen LogP contribution >= 0.6 is 0 Å². The second kappa shape index (κ2) is 4.34. The van der Waals surface area contributed by atoms with Gasteiger partial charge in [-0.05, 0) is 0 Å². The van der Waals surface area contributed by atoms with E-state index < -0.39 is 0 Å². The van der Waals surface area contributed by atoms with Crippen molar-refractivity contribution in [1.29, 1.82) is 0 Å². The summed E-state index contributed by atoms with van der Waals surface area (Å²) in [4.78, 5) is 0. The molecule has 0 aliphatic carbocycles. The van der Waals surface area contributed by atoms with Gasteiger partial charge in [-0.2, -0.15) is 0 Å². The highest BCUT2D eigenvalue weighted by atomic mass is 16.5. The molecule has 2 nitrogen and oxygen atoms in total. The standard InChI is InChI=1S/C15H13NO/c1-3-7-12(8-4-1)14-11-16-15(17-14)13-9-5-2-6-10-13/h1-11,15-16H. The normalized spacial score (nSPS) is 18.1. The topological polar surface area (TPSA) is 21.3 Å². The lowest BCUT2D eigenvalue weighted by Crippen LogP contribution is -2.10. The van der Waals surface area contributed by atoms with Crippen LogP contribution < -0.4 is 5.32 Å². The van der Waals surface area contributed by atoms with Gasteiger partial charge >= 0.3 is 0 Å². The van der Waals surface area contributed by atoms with E-state index in [0.717, 1.165) is 16.9 Å². The molecule has 0 saturated heterocycles. The van der Waals surface area contributed by atoms with E-state index in [1.165, 1.54) is 0 Å². The number of benzene rings is 2. The Morgan fingerprint density at radius 1 is 0.824 bits per heavy atom. The molecule has 2 aromatic rings. The Hall–Kier alpha value is -2.22. The van der Waals surface area contributed by atoms with E-state index >= 15 is 0 Å². The molecule has 0 aromatic heterocycles. The summed E-state index contributed by atoms with van der Waals surface area (Å²) in [5.41, 5.74) is 2.23. The van der Waals surface area contributed by atoms with Gasteiger partial charge in [0.1, 0.15) is 5.76 Å². The van der Waals surface area contributed by atoms with Crippen LogP contribution in [0.15, 0.2) is 66.9 Å². The first-order chi connectivity index (χ1) is 8.43. The van der Waals surface area contributed by atoms with Crippen LogP contribution in [0.2, 0.25) is 0 Å². The molecule has 1 atom stereocenters. The molecule has 17 heavy (non-hydrogen) atoms. The monoisotopic (exact) mass is 223 g/mol. The fraction of sp³-hybridized carbons (Fsp3) is 0.0667. The zero-order valence-corrected chi connectivity index (χ0v) is 9.34. The maximum atomic E-state index is 5.88. The molecular formula is C15H13NO. The smallest absolute Gasteiger partial charge is 0.196 e. The van der Waals surface area contributed by atoms with E-state index in [1.54, 1.807) is 0 Å². The minimum absolute atomic E-state index is 0.0774. The van der Waals surface area contributed by atoms with Crippen LogP contribution in [0.5, 0.6) is 0 Å². The molecule has 0 saturated carbocycles. The first kappa shape index (κ1) is 9.97. The van der Waals surface area contributed by atoms with Gasteiger partial charge in [0, 0.05) is 17.3 Å². The number of ether oxygens (including phenoxy) is 1. The van der Waals surface area contributed by atoms with E-state index in [9.17, 15) is 0 Å². The number of hydrogen-bond acceptors (Lipinski definition) is 2. The van der Waals surface area contributed by atoms with E-state index in [4.69, 9.17) is 4.74 Å². The molecule has 0 amide bonds. The second-order valence-corrected chi connectivity index (χ2v) is 3.95. The van der Waals surface area contributed by atoms with Crippen molar-refractivity contribution in [2.45, 2.75) is 6.23 Å². The Morgan fingerprint density at radius 3 is 2.18 bits per heavy atom. The summed E-state index contributed by atoms with van der Waals surface area (Å²) < 4.78 is 5.88. The van der Waals surface area contributed by atoms with E-state index in [2.05, 4.69) is 17.4 Å². The van der Waals surface area contributed by atoms with Gasteiger partial charge in [-0.3, -0.25) is 0 Å². The first-order valence-electron chi connectivity index (χ1n) is 5.67. The van der Waals surface area contributed by atoms with Crippen molar-refractivity contribution in [1.82, 2.24) is 5.32 Å². The molecule has 0 bridgehead atoms. The van der Waals surface area contributed by atoms with Gasteiger partial charge in [0.05, 0.1) is 0 Å². The maximum Gasteiger partial charge on any atom is 0.196 e. The molecular weight excluding hydrogens is 210 g/mol. The number of nitrogens with one attached hydrogen (secondary N) is 1. The molecule has 2 heteroatoms. The van der Waals surface area contributed by atoms with Crippen molar-refractivity contribution in [3.05, 3.63) is 78.0 Å². The summed E-state index contributed by atoms with van der Waals surface area (Å²) >= 11 is 0. The lowest BCUT2D eigenvalue weighted by molar-refractivity contribution is 0.174. The second-order valence-electron chi connectivity index (χ2n) is 3.95. The first-order valence-corrected chi connectivity index (χ1v) is 5.67. The van der Waals surface area contributed by atoms with E-state index in [0.29, 0.717) is 0 Å². The molecule has 0 spiro atoms. The Bertz CT molecular complexity index is 519. The van der Waals surface area contributed by atoms with Crippen LogP contribution in [0.4, 0.5) is 0 Å². The number of hydrogen-bond donors (Lipinski definition) is 1. The largest absolute Gasteiger partial charge is 0.464 e. The molecule has 3 rings (SSSR count). The van der Waals surface area contributed by atoms with Crippen molar-refractivity contribution < 1.29 is 4.74 Å². The van der Waals surface area contributed by atoms with Gasteiger partial charge in [-0.25, -0.2) is 0 Å². The summed E-state index contributed by atoms with van der Waals surface area (Å²) in [6, 6.07) is 20.2. The van der Waals surface area contributed by atoms with Crippen molar-refractivity contribution in [3.8, 4) is 0 Å². The van der Waals surface area contributed by atoms with E-state index in [1.807, 2.05) is 54.7 Å². The SMILES string of the molecule is C1=C(c2ccccc2)OC(c2ccccc2)N1. The van der Waals surface area contributed by atoms with Crippen LogP contribution in [-0.4, -0.2) is 0 Å². The van der Waals surface area contributed by atoms with Crippen molar-refractivity contribution >= 4 is 5.76 Å². The highest BCUT2D eigenvalue weighted by Crippen LogP contribution is 2.28. The highest BCUT2D eigenvalue weighted by Gasteiger charge is 2.19. The summed E-state index contributed by atoms with van der Waals surface area (Å²) in [5, 5.41) is 3.24. The summed E-state index contributed by atoms with van der Waals surface area (Å²) in [6.07, 6.45) is 1.85. The van der Waals surface area contributed by atoms with Gasteiger partial charge in [0.25, 0.3) is 0 Å². The lowest BCUT2D eigenvalue weighted by atomic mass is 10.2. The summed E-state index contributed by atoms with van der Waals surface area (Å²) in [5.74, 6) is 0.888. The molecule has 1 heterocycles. The minimum atomic E-state index is -0.0774. The molecule has 0 radical (unpaired) electrons. The molecule has 1 unspecified atom stereocenters. The van der Waals surface area contributed by atoms with Crippen LogP contribution in [0.3, 0.4) is 0 Å². The van der Waals surface area contributed by atoms with E-state index in [-0.39, 0.29) is 6.23 Å². The zero-order valence-electron chi connectivity index (χ0n) is 9.34. The third-order valence-corrected chi connectivity index (χ3v) is 2.77. The van der Waals surface area contributed by atoms with Crippen LogP contribution in [0.1, 0.15) is 17.4 Å². The fourth-order valence-electron chi connectivity index (χ4n) is 1.89. The summed E-state index contributed by atoms with van der Waals surface area (Å²) in [7, 11) is 0. The molecule has 2 aromatic carbocycles. The van der Waals surface area contributed by atoms with Crippen molar-refractivity contribution in [3.63, 3.8) is 0 Å². The molecule has 0 fully saturated rings. The Morgan fingerprint density at radius 2 is 1.47 bits per heavy atom. The average molecular weight is 223 g/mol. The van der Waals surface area contributed by atoms with Gasteiger partial charge < -0.3 is 10.1 Å². The van der Waals surface area contributed by atoms with Gasteiger partial charge in [0.15, 0.2) is 6.23 Å². The maximum absolute atomic E-state index is 5.88. The molecule has 1 aliphatic heterocycles. The number of rotatable bonds is 2. The third-order valence-electron chi connectivity index (χ3n) is 2.77. The predicted octanol–water partition coefficient (Wildman–Crippen LogP) is 3.30. The van der Waals surface area contributed by atoms with Crippen LogP contribution in [-0.2, 0) is 4.74 Å². The Kier molecular flexibility index (Phi) is 2.54. The van der Waals surface area contributed by atoms with Crippen LogP contribution in [0.25, 0.3) is 5.76 Å². The highest BCUT2D eigenvalue weighted by molar-refractivity contribution is 5.61. The zero-order chi connectivity index (χ0) is 11.5. The fourth-order valence-corrected chi connectivity index (χ4v) is 1.89. The van der Waals surface area contributed by atoms with Crippen molar-refractivity contribution in [2.24, 2.45) is 0 Å². The Labute approximate surface area is 101 Å². The van der Waals surface area contributed by atoms with Gasteiger partial charge in [-0.15, -0.1) is 0 Å². The third kappa shape index (κ3) is 2.02. The van der Waals surface area contributed by atoms with Crippen LogP contribution in [0, 0.1) is 0 Å². The Balaban J connectivity index is 1.78. The average Bonchev–Trinajstić information content (AvgIpc) is 2.90. The van der Waals surface area contributed by atoms with Gasteiger partial charge in [0.2, 0.25) is 0 Å². The summed E-state index contributed by atoms with van der Waals surface area (Å²) in [6.45, 7) is 0. The molecule has 1 N–H and O–H groups in total. The van der Waals surface area contributed by atoms with Gasteiger partial charge in [-0.1, -0.05) is 60.7 Å². The molecule has 84 valence electrons. The predicted molar refractivity (Wildman–Crippen MR) is 67.8 cm³/mol. The molecule has 1 aliphatic rings. The quantitative estimate of drug-likeness (QED) is 0.843. The van der Waals surface area contributed by atoms with Crippen molar-refractivity contribution in [2.75, 3.05) is 0 Å². The lowest BCUT2D eigenvalue weighted by Gasteiger charge is -2.13. The minimum Gasteiger partial charge on any atom is -0.464 e.